The molecule has 2 aromatic carbocycles. The zero-order chi connectivity index (χ0) is 21.8. The number of hydrogen-bond acceptors (Lipinski definition) is 7. The van der Waals surface area contributed by atoms with E-state index in [9.17, 15) is 26.9 Å². The van der Waals surface area contributed by atoms with Crippen LogP contribution in [0.4, 0.5) is 11.4 Å². The number of anilines is 1. The maximum atomic E-state index is 12.7. The van der Waals surface area contributed by atoms with E-state index in [0.717, 1.165) is 24.3 Å². The highest BCUT2D eigenvalue weighted by molar-refractivity contribution is 7.92. The minimum absolute atomic E-state index is 0.0703. The van der Waals surface area contributed by atoms with Gasteiger partial charge in [0.05, 0.1) is 27.5 Å². The van der Waals surface area contributed by atoms with Crippen LogP contribution >= 0.6 is 0 Å². The van der Waals surface area contributed by atoms with E-state index < -0.39 is 25.0 Å². The molecule has 0 aliphatic carbocycles. The van der Waals surface area contributed by atoms with Crippen molar-refractivity contribution in [3.63, 3.8) is 0 Å². The van der Waals surface area contributed by atoms with Gasteiger partial charge in [-0.1, -0.05) is 13.8 Å². The highest BCUT2D eigenvalue weighted by atomic mass is 32.2. The molecular weight excluding hydrogens is 422 g/mol. The van der Waals surface area contributed by atoms with Gasteiger partial charge in [0.25, 0.3) is 15.7 Å². The Labute approximate surface area is 169 Å². The van der Waals surface area contributed by atoms with Crippen molar-refractivity contribution in [3.8, 4) is 5.75 Å². The first-order valence-corrected chi connectivity index (χ1v) is 11.4. The summed E-state index contributed by atoms with van der Waals surface area (Å²) in [5, 5.41) is 10.7. The van der Waals surface area contributed by atoms with Crippen molar-refractivity contribution in [2.24, 2.45) is 0 Å². The molecule has 10 nitrogen and oxygen atoms in total. The third-order valence-corrected chi connectivity index (χ3v) is 7.54. The van der Waals surface area contributed by atoms with Gasteiger partial charge in [0, 0.05) is 25.2 Å². The molecule has 1 N–H and O–H groups in total. The molecule has 0 radical (unpaired) electrons. The Morgan fingerprint density at radius 3 is 2.03 bits per heavy atom. The predicted molar refractivity (Wildman–Crippen MR) is 107 cm³/mol. The number of hydrogen-bond donors (Lipinski definition) is 1. The molecule has 0 aromatic heterocycles. The van der Waals surface area contributed by atoms with E-state index in [2.05, 4.69) is 4.72 Å². The number of benzene rings is 2. The lowest BCUT2D eigenvalue weighted by atomic mass is 10.3. The summed E-state index contributed by atoms with van der Waals surface area (Å²) < 4.78 is 59.4. The maximum absolute atomic E-state index is 12.7. The fraction of sp³-hybridized carbons (Fsp3) is 0.294. The topological polar surface area (TPSA) is 136 Å². The summed E-state index contributed by atoms with van der Waals surface area (Å²) in [6.45, 7) is 3.91. The number of sulfonamides is 2. The largest absolute Gasteiger partial charge is 0.495 e. The molecule has 0 heterocycles. The van der Waals surface area contributed by atoms with Crippen LogP contribution in [0.25, 0.3) is 0 Å². The van der Waals surface area contributed by atoms with Crippen LogP contribution in [0.3, 0.4) is 0 Å². The van der Waals surface area contributed by atoms with Crippen LogP contribution in [-0.4, -0.2) is 46.3 Å². The van der Waals surface area contributed by atoms with Crippen LogP contribution in [0.15, 0.2) is 52.3 Å². The second-order valence-electron chi connectivity index (χ2n) is 5.81. The molecule has 0 fully saturated rings. The van der Waals surface area contributed by atoms with Crippen molar-refractivity contribution in [2.75, 3.05) is 24.9 Å². The van der Waals surface area contributed by atoms with Crippen molar-refractivity contribution in [2.45, 2.75) is 23.6 Å². The van der Waals surface area contributed by atoms with Gasteiger partial charge in [-0.05, 0) is 30.3 Å². The maximum Gasteiger partial charge on any atom is 0.269 e. The normalized spacial score (nSPS) is 12.0. The second-order valence-corrected chi connectivity index (χ2v) is 9.43. The molecule has 29 heavy (non-hydrogen) atoms. The molecule has 0 aliphatic rings. The predicted octanol–water partition coefficient (Wildman–Crippen LogP) is 2.43. The quantitative estimate of drug-likeness (QED) is 0.464. The standard InChI is InChI=1S/C17H21N3O7S2/c1-4-19(5-2)29(25,26)15-10-11-17(27-3)16(12-15)18-28(23,24)14-8-6-13(7-9-14)20(21)22/h6-12,18H,4-5H2,1-3H3. The van der Waals surface area contributed by atoms with Gasteiger partial charge in [-0.15, -0.1) is 0 Å². The van der Waals surface area contributed by atoms with E-state index in [-0.39, 0.29) is 40.0 Å². The Kier molecular flexibility index (Phi) is 6.82. The molecule has 2 rings (SSSR count). The first-order valence-electron chi connectivity index (χ1n) is 8.52. The number of nitro groups is 1. The van der Waals surface area contributed by atoms with Crippen molar-refractivity contribution < 1.29 is 26.5 Å². The molecule has 0 amide bonds. The minimum atomic E-state index is -4.14. The van der Waals surface area contributed by atoms with Crippen molar-refractivity contribution in [3.05, 3.63) is 52.6 Å². The third-order valence-electron chi connectivity index (χ3n) is 4.12. The Balaban J connectivity index is 2.46. The van der Waals surface area contributed by atoms with Gasteiger partial charge in [-0.2, -0.15) is 4.31 Å². The molecule has 12 heteroatoms. The average Bonchev–Trinajstić information content (AvgIpc) is 2.68. The summed E-state index contributed by atoms with van der Waals surface area (Å²) in [6.07, 6.45) is 0. The van der Waals surface area contributed by atoms with E-state index in [1.165, 1.54) is 29.6 Å². The average molecular weight is 444 g/mol. The minimum Gasteiger partial charge on any atom is -0.495 e. The van der Waals surface area contributed by atoms with Crippen LogP contribution in [0.2, 0.25) is 0 Å². The number of non-ortho nitro benzene ring substituents is 1. The van der Waals surface area contributed by atoms with Gasteiger partial charge in [-0.25, -0.2) is 16.8 Å². The Morgan fingerprint density at radius 2 is 1.55 bits per heavy atom. The Morgan fingerprint density at radius 1 is 1.00 bits per heavy atom. The lowest BCUT2D eigenvalue weighted by molar-refractivity contribution is -0.384. The van der Waals surface area contributed by atoms with Crippen molar-refractivity contribution >= 4 is 31.4 Å². The molecular formula is C17H21N3O7S2. The van der Waals surface area contributed by atoms with Gasteiger partial charge in [0.15, 0.2) is 0 Å². The van der Waals surface area contributed by atoms with Crippen molar-refractivity contribution in [1.82, 2.24) is 4.31 Å². The van der Waals surface area contributed by atoms with Gasteiger partial charge < -0.3 is 4.74 Å². The number of nitro benzene ring substituents is 1. The fourth-order valence-corrected chi connectivity index (χ4v) is 5.14. The van der Waals surface area contributed by atoms with E-state index in [1.54, 1.807) is 13.8 Å². The first-order chi connectivity index (χ1) is 13.6. The van der Waals surface area contributed by atoms with Gasteiger partial charge in [-0.3, -0.25) is 14.8 Å². The number of nitrogens with one attached hydrogen (secondary N) is 1. The molecule has 0 saturated carbocycles. The number of methoxy groups -OCH3 is 1. The lowest BCUT2D eigenvalue weighted by Gasteiger charge is -2.20. The summed E-state index contributed by atoms with van der Waals surface area (Å²) in [5.74, 6) is 0.119. The monoisotopic (exact) mass is 443 g/mol. The molecule has 2 aromatic rings. The SMILES string of the molecule is CCN(CC)S(=O)(=O)c1ccc(OC)c(NS(=O)(=O)c2ccc([N+](=O)[O-])cc2)c1. The molecule has 0 unspecified atom stereocenters. The molecule has 0 aliphatic heterocycles. The molecule has 0 bridgehead atoms. The molecule has 158 valence electrons. The summed E-state index contributed by atoms with van der Waals surface area (Å²) in [4.78, 5) is 9.78. The van der Waals surface area contributed by atoms with E-state index in [4.69, 9.17) is 4.74 Å². The van der Waals surface area contributed by atoms with Crippen LogP contribution < -0.4 is 9.46 Å². The Bertz CT molecular complexity index is 1090. The summed E-state index contributed by atoms with van der Waals surface area (Å²) in [7, 11) is -6.64. The molecule has 0 saturated heterocycles. The van der Waals surface area contributed by atoms with Crippen LogP contribution in [-0.2, 0) is 20.0 Å². The Hall–Kier alpha value is -2.70. The van der Waals surface area contributed by atoms with Gasteiger partial charge in [0.1, 0.15) is 5.75 Å². The van der Waals surface area contributed by atoms with Crippen LogP contribution in [0.1, 0.15) is 13.8 Å². The van der Waals surface area contributed by atoms with E-state index in [1.807, 2.05) is 0 Å². The second kappa shape index (κ2) is 8.76. The van der Waals surface area contributed by atoms with Crippen molar-refractivity contribution in [1.29, 1.82) is 0 Å². The molecule has 0 atom stereocenters. The molecule has 0 spiro atoms. The van der Waals surface area contributed by atoms with E-state index >= 15 is 0 Å². The summed E-state index contributed by atoms with van der Waals surface area (Å²) >= 11 is 0. The lowest BCUT2D eigenvalue weighted by Crippen LogP contribution is -2.30. The number of ether oxygens (including phenoxy) is 1. The van der Waals surface area contributed by atoms with Crippen LogP contribution in [0, 0.1) is 10.1 Å². The van der Waals surface area contributed by atoms with E-state index in [0.29, 0.717) is 0 Å². The fourth-order valence-electron chi connectivity index (χ4n) is 2.59. The van der Waals surface area contributed by atoms with Gasteiger partial charge in [0.2, 0.25) is 10.0 Å². The summed E-state index contributed by atoms with van der Waals surface area (Å²) in [5.41, 5.74) is -0.326. The highest BCUT2D eigenvalue weighted by Gasteiger charge is 2.24. The third kappa shape index (κ3) is 4.83. The number of rotatable bonds is 9. The summed E-state index contributed by atoms with van der Waals surface area (Å²) in [6, 6.07) is 8.16. The highest BCUT2D eigenvalue weighted by Crippen LogP contribution is 2.31. The first kappa shape index (κ1) is 22.6. The smallest absolute Gasteiger partial charge is 0.269 e. The van der Waals surface area contributed by atoms with Gasteiger partial charge >= 0.3 is 0 Å². The number of nitrogens with zero attached hydrogens (tertiary/aromatic N) is 2. The zero-order valence-corrected chi connectivity index (χ0v) is 17.7. The zero-order valence-electron chi connectivity index (χ0n) is 16.0. The van der Waals surface area contributed by atoms with Crippen LogP contribution in [0.5, 0.6) is 5.75 Å².